The molecule has 1 aromatic rings. The van der Waals surface area contributed by atoms with Crippen molar-refractivity contribution in [3.8, 4) is 0 Å². The molecule has 0 aromatic carbocycles. The molecule has 0 saturated carbocycles. The Bertz CT molecular complexity index is 389. The molecule has 4 nitrogen and oxygen atoms in total. The largest absolute Gasteiger partial charge is 0.355 e. The highest BCUT2D eigenvalue weighted by molar-refractivity contribution is 5.50. The second kappa shape index (κ2) is 4.33. The fourth-order valence-electron chi connectivity index (χ4n) is 2.54. The molecule has 2 heterocycles. The third-order valence-corrected chi connectivity index (χ3v) is 3.47. The lowest BCUT2D eigenvalue weighted by Crippen LogP contribution is -2.44. The Morgan fingerprint density at radius 1 is 1.41 bits per heavy atom. The van der Waals surface area contributed by atoms with E-state index in [-0.39, 0.29) is 5.41 Å². The number of nitrogens with zero attached hydrogens (tertiary/aromatic N) is 3. The molecule has 0 spiro atoms. The Hall–Kier alpha value is -1.03. The summed E-state index contributed by atoms with van der Waals surface area (Å²) in [6.07, 6.45) is 4.31. The molecule has 0 bridgehead atoms. The fraction of sp³-hybridized carbons (Fsp3) is 0.769. The van der Waals surface area contributed by atoms with Crippen LogP contribution in [0.4, 0.5) is 5.82 Å². The predicted octanol–water partition coefficient (Wildman–Crippen LogP) is 1.65. The van der Waals surface area contributed by atoms with Gasteiger partial charge in [-0.1, -0.05) is 20.8 Å². The summed E-state index contributed by atoms with van der Waals surface area (Å²) < 4.78 is 1.98. The molecule has 0 amide bonds. The minimum atomic E-state index is 0.130. The third-order valence-electron chi connectivity index (χ3n) is 3.47. The van der Waals surface area contributed by atoms with E-state index in [1.165, 1.54) is 17.8 Å². The molecule has 0 unspecified atom stereocenters. The number of hydrogen-bond donors (Lipinski definition) is 1. The molecule has 2 rings (SSSR count). The summed E-state index contributed by atoms with van der Waals surface area (Å²) in [7, 11) is 2.02. The van der Waals surface area contributed by atoms with Gasteiger partial charge in [0.1, 0.15) is 5.82 Å². The van der Waals surface area contributed by atoms with Crippen LogP contribution in [-0.4, -0.2) is 28.9 Å². The third kappa shape index (κ3) is 2.46. The van der Waals surface area contributed by atoms with Gasteiger partial charge in [0.05, 0.1) is 6.20 Å². The molecular weight excluding hydrogens is 212 g/mol. The summed E-state index contributed by atoms with van der Waals surface area (Å²) in [5, 5.41) is 4.42. The first-order valence-electron chi connectivity index (χ1n) is 6.42. The van der Waals surface area contributed by atoms with Crippen molar-refractivity contribution in [1.29, 1.82) is 0 Å². The van der Waals surface area contributed by atoms with Gasteiger partial charge in [0.15, 0.2) is 0 Å². The van der Waals surface area contributed by atoms with Gasteiger partial charge >= 0.3 is 0 Å². The number of nitrogens with two attached hydrogens (primary N) is 1. The van der Waals surface area contributed by atoms with Crippen molar-refractivity contribution in [2.75, 3.05) is 18.0 Å². The summed E-state index contributed by atoms with van der Waals surface area (Å²) >= 11 is 0. The van der Waals surface area contributed by atoms with E-state index in [4.69, 9.17) is 5.73 Å². The van der Waals surface area contributed by atoms with Gasteiger partial charge in [0.25, 0.3) is 0 Å². The van der Waals surface area contributed by atoms with Crippen molar-refractivity contribution in [2.45, 2.75) is 45.1 Å². The van der Waals surface area contributed by atoms with Crippen LogP contribution in [0.15, 0.2) is 6.20 Å². The van der Waals surface area contributed by atoms with Crippen molar-refractivity contribution >= 4 is 5.82 Å². The summed E-state index contributed by atoms with van der Waals surface area (Å²) in [6.45, 7) is 8.74. The lowest BCUT2D eigenvalue weighted by molar-refractivity contribution is 0.491. The van der Waals surface area contributed by atoms with Gasteiger partial charge in [0.2, 0.25) is 0 Å². The highest BCUT2D eigenvalue weighted by atomic mass is 15.4. The van der Waals surface area contributed by atoms with E-state index in [0.29, 0.717) is 6.04 Å². The SMILES string of the molecule is Cn1ncc(C(C)(C)C)c1N1CCC[C@H](N)C1. The monoisotopic (exact) mass is 236 g/mol. The van der Waals surface area contributed by atoms with E-state index in [0.717, 1.165) is 19.5 Å². The van der Waals surface area contributed by atoms with Crippen LogP contribution in [-0.2, 0) is 12.5 Å². The lowest BCUT2D eigenvalue weighted by Gasteiger charge is -2.34. The maximum atomic E-state index is 6.07. The maximum Gasteiger partial charge on any atom is 0.130 e. The number of anilines is 1. The fourth-order valence-corrected chi connectivity index (χ4v) is 2.54. The van der Waals surface area contributed by atoms with E-state index in [1.807, 2.05) is 17.9 Å². The average Bonchev–Trinajstić information content (AvgIpc) is 2.59. The van der Waals surface area contributed by atoms with Crippen LogP contribution in [0.2, 0.25) is 0 Å². The minimum Gasteiger partial charge on any atom is -0.355 e. The number of rotatable bonds is 1. The Kier molecular flexibility index (Phi) is 3.17. The highest BCUT2D eigenvalue weighted by Gasteiger charge is 2.27. The molecular formula is C13H24N4. The number of aryl methyl sites for hydroxylation is 1. The van der Waals surface area contributed by atoms with Gasteiger partial charge in [0, 0.05) is 31.7 Å². The standard InChI is InChI=1S/C13H24N4/c1-13(2,3)11-8-15-16(4)12(11)17-7-5-6-10(14)9-17/h8,10H,5-7,9,14H2,1-4H3/t10-/m0/s1. The molecule has 17 heavy (non-hydrogen) atoms. The van der Waals surface area contributed by atoms with Crippen LogP contribution in [0.3, 0.4) is 0 Å². The second-order valence-corrected chi connectivity index (χ2v) is 6.10. The van der Waals surface area contributed by atoms with Gasteiger partial charge in [-0.05, 0) is 18.3 Å². The van der Waals surface area contributed by atoms with E-state index in [1.54, 1.807) is 0 Å². The van der Waals surface area contributed by atoms with Gasteiger partial charge in [-0.2, -0.15) is 5.10 Å². The van der Waals surface area contributed by atoms with Crippen LogP contribution < -0.4 is 10.6 Å². The van der Waals surface area contributed by atoms with Gasteiger partial charge < -0.3 is 10.6 Å². The van der Waals surface area contributed by atoms with Crippen LogP contribution in [0, 0.1) is 0 Å². The van der Waals surface area contributed by atoms with E-state index < -0.39 is 0 Å². The van der Waals surface area contributed by atoms with Crippen molar-refractivity contribution in [2.24, 2.45) is 12.8 Å². The van der Waals surface area contributed by atoms with E-state index >= 15 is 0 Å². The lowest BCUT2D eigenvalue weighted by atomic mass is 9.88. The molecule has 1 aliphatic rings. The number of piperidine rings is 1. The molecule has 1 aliphatic heterocycles. The van der Waals surface area contributed by atoms with Crippen molar-refractivity contribution in [3.05, 3.63) is 11.8 Å². The molecule has 96 valence electrons. The van der Waals surface area contributed by atoms with Gasteiger partial charge in [-0.25, -0.2) is 0 Å². The molecule has 1 atom stereocenters. The van der Waals surface area contributed by atoms with Crippen molar-refractivity contribution in [3.63, 3.8) is 0 Å². The average molecular weight is 236 g/mol. The Morgan fingerprint density at radius 3 is 2.71 bits per heavy atom. The number of aromatic nitrogens is 2. The Morgan fingerprint density at radius 2 is 2.12 bits per heavy atom. The molecule has 0 radical (unpaired) electrons. The quantitative estimate of drug-likeness (QED) is 0.806. The first-order valence-corrected chi connectivity index (χ1v) is 6.42. The molecule has 1 fully saturated rings. The highest BCUT2D eigenvalue weighted by Crippen LogP contribution is 2.32. The molecule has 4 heteroatoms. The molecule has 2 N–H and O–H groups in total. The first kappa shape index (κ1) is 12.4. The normalized spacial score (nSPS) is 21.9. The zero-order valence-electron chi connectivity index (χ0n) is 11.4. The predicted molar refractivity (Wildman–Crippen MR) is 71.3 cm³/mol. The Labute approximate surface area is 104 Å². The molecule has 1 aromatic heterocycles. The van der Waals surface area contributed by atoms with Crippen LogP contribution in [0.5, 0.6) is 0 Å². The Balaban J connectivity index is 2.33. The first-order chi connectivity index (χ1) is 7.89. The molecule has 0 aliphatic carbocycles. The second-order valence-electron chi connectivity index (χ2n) is 6.10. The maximum absolute atomic E-state index is 6.07. The summed E-state index contributed by atoms with van der Waals surface area (Å²) in [5.74, 6) is 1.24. The summed E-state index contributed by atoms with van der Waals surface area (Å²) in [6, 6.07) is 0.298. The summed E-state index contributed by atoms with van der Waals surface area (Å²) in [4.78, 5) is 2.39. The molecule has 1 saturated heterocycles. The van der Waals surface area contributed by atoms with E-state index in [9.17, 15) is 0 Å². The van der Waals surface area contributed by atoms with Crippen LogP contribution in [0.1, 0.15) is 39.2 Å². The minimum absolute atomic E-state index is 0.130. The summed E-state index contributed by atoms with van der Waals surface area (Å²) in [5.41, 5.74) is 7.51. The van der Waals surface area contributed by atoms with Crippen molar-refractivity contribution in [1.82, 2.24) is 9.78 Å². The topological polar surface area (TPSA) is 47.1 Å². The number of hydrogen-bond acceptors (Lipinski definition) is 3. The van der Waals surface area contributed by atoms with Gasteiger partial charge in [-0.3, -0.25) is 4.68 Å². The zero-order chi connectivity index (χ0) is 12.6. The van der Waals surface area contributed by atoms with Gasteiger partial charge in [-0.15, -0.1) is 0 Å². The van der Waals surface area contributed by atoms with Crippen LogP contribution in [0.25, 0.3) is 0 Å². The van der Waals surface area contributed by atoms with E-state index in [2.05, 4.69) is 30.8 Å². The smallest absolute Gasteiger partial charge is 0.130 e. The van der Waals surface area contributed by atoms with Crippen molar-refractivity contribution < 1.29 is 0 Å². The van der Waals surface area contributed by atoms with Crippen LogP contribution >= 0.6 is 0 Å². The zero-order valence-corrected chi connectivity index (χ0v) is 11.4.